The third kappa shape index (κ3) is 5.60. The number of hydrogen-bond donors (Lipinski definition) is 4. The number of nitrogens with zero attached hydrogens (tertiary/aromatic N) is 3. The summed E-state index contributed by atoms with van der Waals surface area (Å²) in [7, 11) is 1.73. The standard InChI is InChI=1S/C29H43N7O2/c1-3-4-5-13-33-26-25-23(34-27(31)35-26)8-14-36(25)17-22-7-6-21(15-24(22)37-2)16-32-19-28-9-11-29(18-30,12-10-28)38-20-28/h6-8,14-15,32H,3-5,9-13,16-20,30H2,1-2H3,(H3,31,33,34,35). The molecular weight excluding hydrogens is 478 g/mol. The Kier molecular flexibility index (Phi) is 8.07. The summed E-state index contributed by atoms with van der Waals surface area (Å²) in [6.07, 6.45) is 10.0. The van der Waals surface area contributed by atoms with Crippen molar-refractivity contribution in [3.05, 3.63) is 41.6 Å². The van der Waals surface area contributed by atoms with Crippen LogP contribution in [0.25, 0.3) is 11.0 Å². The number of nitrogens with two attached hydrogens (primary N) is 2. The molecule has 206 valence electrons. The Morgan fingerprint density at radius 3 is 2.68 bits per heavy atom. The maximum absolute atomic E-state index is 6.19. The van der Waals surface area contributed by atoms with Gasteiger partial charge in [0.15, 0.2) is 5.82 Å². The fraction of sp³-hybridized carbons (Fsp3) is 0.586. The Labute approximate surface area is 225 Å². The predicted octanol–water partition coefficient (Wildman–Crippen LogP) is 4.05. The van der Waals surface area contributed by atoms with Crippen molar-refractivity contribution in [2.75, 3.05) is 44.4 Å². The third-order valence-electron chi connectivity index (χ3n) is 8.50. The van der Waals surface area contributed by atoms with Crippen LogP contribution in [0.4, 0.5) is 11.8 Å². The molecule has 38 heavy (non-hydrogen) atoms. The second-order valence-electron chi connectivity index (χ2n) is 11.2. The molecule has 0 unspecified atom stereocenters. The van der Waals surface area contributed by atoms with Crippen LogP contribution >= 0.6 is 0 Å². The number of fused-ring (bicyclic) bond motifs is 4. The van der Waals surface area contributed by atoms with E-state index in [2.05, 4.69) is 50.3 Å². The van der Waals surface area contributed by atoms with Gasteiger partial charge in [-0.05, 0) is 49.8 Å². The predicted molar refractivity (Wildman–Crippen MR) is 152 cm³/mol. The molecule has 3 aliphatic rings. The van der Waals surface area contributed by atoms with E-state index < -0.39 is 0 Å². The van der Waals surface area contributed by atoms with E-state index in [1.54, 1.807) is 7.11 Å². The molecule has 2 aliphatic heterocycles. The van der Waals surface area contributed by atoms with E-state index in [1.807, 2.05) is 12.3 Å². The summed E-state index contributed by atoms with van der Waals surface area (Å²) in [4.78, 5) is 8.95. The molecule has 9 heteroatoms. The van der Waals surface area contributed by atoms with Crippen LogP contribution in [0.5, 0.6) is 5.75 Å². The number of rotatable bonds is 13. The molecule has 9 nitrogen and oxygen atoms in total. The van der Waals surface area contributed by atoms with Gasteiger partial charge in [0, 0.05) is 43.4 Å². The van der Waals surface area contributed by atoms with Crippen molar-refractivity contribution in [3.8, 4) is 5.75 Å². The van der Waals surface area contributed by atoms with Crippen molar-refractivity contribution in [1.82, 2.24) is 19.9 Å². The fourth-order valence-electron chi connectivity index (χ4n) is 5.97. The topological polar surface area (TPSA) is 125 Å². The second kappa shape index (κ2) is 11.5. The van der Waals surface area contributed by atoms with E-state index in [0.717, 1.165) is 73.7 Å². The quantitative estimate of drug-likeness (QED) is 0.248. The van der Waals surface area contributed by atoms with Crippen molar-refractivity contribution in [2.24, 2.45) is 11.1 Å². The fourth-order valence-corrected chi connectivity index (χ4v) is 5.97. The van der Waals surface area contributed by atoms with Crippen molar-refractivity contribution in [2.45, 2.75) is 70.6 Å². The molecule has 0 amide bonds. The van der Waals surface area contributed by atoms with Crippen LogP contribution in [0.2, 0.25) is 0 Å². The van der Waals surface area contributed by atoms with Gasteiger partial charge in [0.2, 0.25) is 5.95 Å². The number of methoxy groups -OCH3 is 1. The third-order valence-corrected chi connectivity index (χ3v) is 8.50. The Hall–Kier alpha value is -2.88. The highest BCUT2D eigenvalue weighted by Gasteiger charge is 2.48. The molecule has 2 bridgehead atoms. The SMILES string of the molecule is CCCCCNc1nc(N)nc2ccn(Cc3ccc(CNCC45CCC(CN)(CC4)OC5)cc3OC)c12. The first-order valence-electron chi connectivity index (χ1n) is 14.1. The summed E-state index contributed by atoms with van der Waals surface area (Å²) in [5, 5.41) is 7.16. The summed E-state index contributed by atoms with van der Waals surface area (Å²) in [6.45, 7) is 6.93. The zero-order valence-electron chi connectivity index (χ0n) is 22.9. The average molecular weight is 522 g/mol. The molecule has 3 aromatic rings. The molecular formula is C29H43N7O2. The van der Waals surface area contributed by atoms with Gasteiger partial charge in [0.05, 0.1) is 31.4 Å². The number of anilines is 2. The van der Waals surface area contributed by atoms with Gasteiger partial charge in [0.1, 0.15) is 11.3 Å². The van der Waals surface area contributed by atoms with Gasteiger partial charge in [-0.1, -0.05) is 31.9 Å². The highest BCUT2D eigenvalue weighted by atomic mass is 16.5. The first-order valence-corrected chi connectivity index (χ1v) is 14.1. The molecule has 6 N–H and O–H groups in total. The van der Waals surface area contributed by atoms with Crippen LogP contribution in [0.3, 0.4) is 0 Å². The van der Waals surface area contributed by atoms with E-state index in [1.165, 1.54) is 31.2 Å². The number of unbranched alkanes of at least 4 members (excludes halogenated alkanes) is 2. The van der Waals surface area contributed by atoms with Gasteiger partial charge in [-0.25, -0.2) is 4.98 Å². The summed E-state index contributed by atoms with van der Waals surface area (Å²) in [5.41, 5.74) is 16.3. The van der Waals surface area contributed by atoms with Crippen molar-refractivity contribution in [1.29, 1.82) is 0 Å². The van der Waals surface area contributed by atoms with Crippen LogP contribution in [-0.2, 0) is 17.8 Å². The minimum Gasteiger partial charge on any atom is -0.496 e. The number of aromatic nitrogens is 3. The Balaban J connectivity index is 1.25. The highest BCUT2D eigenvalue weighted by molar-refractivity contribution is 5.87. The van der Waals surface area contributed by atoms with Crippen LogP contribution < -0.4 is 26.8 Å². The van der Waals surface area contributed by atoms with Crippen LogP contribution in [0, 0.1) is 5.41 Å². The lowest BCUT2D eigenvalue weighted by molar-refractivity contribution is -0.176. The number of nitrogens with one attached hydrogen (secondary N) is 2. The molecule has 0 spiro atoms. The lowest BCUT2D eigenvalue weighted by atomic mass is 9.66. The van der Waals surface area contributed by atoms with E-state index >= 15 is 0 Å². The van der Waals surface area contributed by atoms with Gasteiger partial charge in [-0.15, -0.1) is 0 Å². The van der Waals surface area contributed by atoms with Crippen molar-refractivity contribution >= 4 is 22.8 Å². The molecule has 2 aromatic heterocycles. The first-order chi connectivity index (χ1) is 18.5. The Morgan fingerprint density at radius 1 is 1.13 bits per heavy atom. The van der Waals surface area contributed by atoms with Gasteiger partial charge in [0.25, 0.3) is 0 Å². The van der Waals surface area contributed by atoms with Crippen molar-refractivity contribution < 1.29 is 9.47 Å². The molecule has 2 saturated heterocycles. The minimum absolute atomic E-state index is 0.0550. The normalized spacial score (nSPS) is 22.7. The van der Waals surface area contributed by atoms with E-state index in [0.29, 0.717) is 13.1 Å². The molecule has 4 heterocycles. The maximum Gasteiger partial charge on any atom is 0.222 e. The van der Waals surface area contributed by atoms with Gasteiger partial charge < -0.3 is 36.1 Å². The molecule has 3 fully saturated rings. The largest absolute Gasteiger partial charge is 0.496 e. The average Bonchev–Trinajstić information content (AvgIpc) is 3.35. The highest BCUT2D eigenvalue weighted by Crippen LogP contribution is 2.48. The number of nitrogen functional groups attached to an aromatic ring is 1. The molecule has 0 radical (unpaired) electrons. The van der Waals surface area contributed by atoms with Crippen molar-refractivity contribution in [3.63, 3.8) is 0 Å². The zero-order valence-corrected chi connectivity index (χ0v) is 22.9. The van der Waals surface area contributed by atoms with E-state index in [4.69, 9.17) is 20.9 Å². The summed E-state index contributed by atoms with van der Waals surface area (Å²) in [6, 6.07) is 8.48. The smallest absolute Gasteiger partial charge is 0.222 e. The van der Waals surface area contributed by atoms with Crippen LogP contribution in [0.15, 0.2) is 30.5 Å². The summed E-state index contributed by atoms with van der Waals surface area (Å²) >= 11 is 0. The van der Waals surface area contributed by atoms with Crippen LogP contribution in [0.1, 0.15) is 63.0 Å². The Morgan fingerprint density at radius 2 is 1.97 bits per heavy atom. The van der Waals surface area contributed by atoms with Crippen LogP contribution in [-0.4, -0.2) is 53.5 Å². The molecule has 1 aliphatic carbocycles. The summed E-state index contributed by atoms with van der Waals surface area (Å²) in [5.74, 6) is 1.95. The lowest BCUT2D eigenvalue weighted by Gasteiger charge is -2.53. The number of benzene rings is 1. The monoisotopic (exact) mass is 521 g/mol. The number of hydrogen-bond acceptors (Lipinski definition) is 8. The molecule has 6 rings (SSSR count). The number of ether oxygens (including phenoxy) is 2. The van der Waals surface area contributed by atoms with E-state index in [9.17, 15) is 0 Å². The summed E-state index contributed by atoms with van der Waals surface area (Å²) < 4.78 is 14.2. The second-order valence-corrected chi connectivity index (χ2v) is 11.2. The molecule has 1 saturated carbocycles. The van der Waals surface area contributed by atoms with Gasteiger partial charge in [-0.2, -0.15) is 4.98 Å². The van der Waals surface area contributed by atoms with Gasteiger partial charge >= 0.3 is 0 Å². The van der Waals surface area contributed by atoms with E-state index in [-0.39, 0.29) is 17.0 Å². The molecule has 1 aromatic carbocycles. The Bertz CT molecular complexity index is 1220. The first kappa shape index (κ1) is 26.7. The lowest BCUT2D eigenvalue weighted by Crippen LogP contribution is -2.57. The molecule has 0 atom stereocenters. The zero-order chi connectivity index (χ0) is 26.6. The minimum atomic E-state index is -0.0550. The van der Waals surface area contributed by atoms with Gasteiger partial charge in [-0.3, -0.25) is 0 Å². The maximum atomic E-state index is 6.19.